The number of aryl methyl sites for hydroxylation is 1. The number of halogens is 1. The van der Waals surface area contributed by atoms with Gasteiger partial charge < -0.3 is 5.32 Å². The van der Waals surface area contributed by atoms with Gasteiger partial charge in [-0.1, -0.05) is 48.9 Å². The van der Waals surface area contributed by atoms with Crippen LogP contribution < -0.4 is 5.32 Å². The molecule has 4 heteroatoms. The Labute approximate surface area is 113 Å². The van der Waals surface area contributed by atoms with Crippen molar-refractivity contribution >= 4 is 11.6 Å². The van der Waals surface area contributed by atoms with E-state index < -0.39 is 0 Å². The van der Waals surface area contributed by atoms with Crippen molar-refractivity contribution in [1.82, 2.24) is 15.1 Å². The number of hydrogen-bond acceptors (Lipinski definition) is 2. The molecule has 0 bridgehead atoms. The van der Waals surface area contributed by atoms with E-state index in [4.69, 9.17) is 11.6 Å². The summed E-state index contributed by atoms with van der Waals surface area (Å²) in [5.41, 5.74) is 2.23. The van der Waals surface area contributed by atoms with E-state index in [1.54, 1.807) is 6.20 Å². The molecule has 0 aliphatic rings. The van der Waals surface area contributed by atoms with Gasteiger partial charge in [-0.05, 0) is 19.0 Å². The molecule has 0 radical (unpaired) electrons. The molecular weight excluding hydrogens is 246 g/mol. The zero-order valence-corrected chi connectivity index (χ0v) is 11.5. The summed E-state index contributed by atoms with van der Waals surface area (Å²) in [6.07, 6.45) is 2.76. The fraction of sp³-hybridized carbons (Fsp3) is 0.357. The summed E-state index contributed by atoms with van der Waals surface area (Å²) in [5, 5.41) is 8.37. The first-order chi connectivity index (χ1) is 8.77. The molecule has 1 unspecified atom stereocenters. The third-order valence-corrected chi connectivity index (χ3v) is 3.25. The van der Waals surface area contributed by atoms with Crippen molar-refractivity contribution in [2.24, 2.45) is 0 Å². The van der Waals surface area contributed by atoms with Gasteiger partial charge in [0, 0.05) is 6.54 Å². The van der Waals surface area contributed by atoms with Crippen LogP contribution >= 0.6 is 11.6 Å². The van der Waals surface area contributed by atoms with Crippen LogP contribution in [-0.4, -0.2) is 16.8 Å². The minimum atomic E-state index is 0.0766. The number of hydrogen-bond donors (Lipinski definition) is 1. The number of aromatic nitrogens is 2. The van der Waals surface area contributed by atoms with E-state index in [9.17, 15) is 0 Å². The van der Waals surface area contributed by atoms with Gasteiger partial charge in [0.25, 0.3) is 0 Å². The van der Waals surface area contributed by atoms with Gasteiger partial charge in [0.1, 0.15) is 0 Å². The fourth-order valence-corrected chi connectivity index (χ4v) is 2.41. The van der Waals surface area contributed by atoms with E-state index in [0.29, 0.717) is 5.02 Å². The Bertz CT molecular complexity index is 493. The van der Waals surface area contributed by atoms with Gasteiger partial charge in [-0.3, -0.25) is 4.68 Å². The van der Waals surface area contributed by atoms with Gasteiger partial charge in [-0.25, -0.2) is 0 Å². The first-order valence-electron chi connectivity index (χ1n) is 6.21. The number of nitrogens with one attached hydrogen (secondary N) is 1. The molecule has 18 heavy (non-hydrogen) atoms. The lowest BCUT2D eigenvalue weighted by atomic mass is 10.0. The van der Waals surface area contributed by atoms with Gasteiger partial charge in [0.05, 0.1) is 23.0 Å². The lowest BCUT2D eigenvalue weighted by molar-refractivity contribution is 0.535. The molecule has 1 aromatic carbocycles. The molecule has 0 spiro atoms. The number of nitrogens with zero attached hydrogens (tertiary/aromatic N) is 2. The highest BCUT2D eigenvalue weighted by molar-refractivity contribution is 6.31. The smallest absolute Gasteiger partial charge is 0.0837 e. The zero-order valence-electron chi connectivity index (χ0n) is 10.7. The van der Waals surface area contributed by atoms with E-state index >= 15 is 0 Å². The maximum absolute atomic E-state index is 6.28. The Hall–Kier alpha value is -1.32. The zero-order chi connectivity index (χ0) is 13.0. The predicted octanol–water partition coefficient (Wildman–Crippen LogP) is 3.26. The van der Waals surface area contributed by atoms with Crippen LogP contribution in [0.15, 0.2) is 36.5 Å². The maximum atomic E-state index is 6.28. The van der Waals surface area contributed by atoms with E-state index in [0.717, 1.165) is 18.7 Å². The summed E-state index contributed by atoms with van der Waals surface area (Å²) in [6, 6.07) is 10.4. The highest BCUT2D eigenvalue weighted by Gasteiger charge is 2.20. The number of benzene rings is 1. The summed E-state index contributed by atoms with van der Waals surface area (Å²) < 4.78 is 1.98. The topological polar surface area (TPSA) is 29.9 Å². The SMILES string of the molecule is CCCn1ncc(Cl)c1C(NC)c1ccccc1. The van der Waals surface area contributed by atoms with Crippen LogP contribution in [0.1, 0.15) is 30.6 Å². The summed E-state index contributed by atoms with van der Waals surface area (Å²) in [5.74, 6) is 0. The van der Waals surface area contributed by atoms with Crippen molar-refractivity contribution in [3.63, 3.8) is 0 Å². The van der Waals surface area contributed by atoms with Crippen LogP contribution in [0.4, 0.5) is 0 Å². The molecule has 1 N–H and O–H groups in total. The standard InChI is InChI=1S/C14H18ClN3/c1-3-9-18-14(12(15)10-17-18)13(16-2)11-7-5-4-6-8-11/h4-8,10,13,16H,3,9H2,1-2H3. The van der Waals surface area contributed by atoms with E-state index in [2.05, 4.69) is 29.5 Å². The molecule has 0 aliphatic heterocycles. The highest BCUT2D eigenvalue weighted by Crippen LogP contribution is 2.28. The summed E-state index contributed by atoms with van der Waals surface area (Å²) >= 11 is 6.28. The van der Waals surface area contributed by atoms with Crippen LogP contribution in [0, 0.1) is 0 Å². The van der Waals surface area contributed by atoms with Crippen LogP contribution in [0.2, 0.25) is 5.02 Å². The summed E-state index contributed by atoms with van der Waals surface area (Å²) in [6.45, 7) is 3.02. The lowest BCUT2D eigenvalue weighted by Gasteiger charge is -2.19. The van der Waals surface area contributed by atoms with Gasteiger partial charge in [0.2, 0.25) is 0 Å². The van der Waals surface area contributed by atoms with Crippen LogP contribution in [0.3, 0.4) is 0 Å². The molecule has 0 aliphatic carbocycles. The highest BCUT2D eigenvalue weighted by atomic mass is 35.5. The van der Waals surface area contributed by atoms with Gasteiger partial charge in [0.15, 0.2) is 0 Å². The maximum Gasteiger partial charge on any atom is 0.0837 e. The first kappa shape index (κ1) is 13.1. The average molecular weight is 264 g/mol. The van der Waals surface area contributed by atoms with E-state index in [-0.39, 0.29) is 6.04 Å². The largest absolute Gasteiger partial charge is 0.308 e. The summed E-state index contributed by atoms with van der Waals surface area (Å²) in [7, 11) is 1.94. The van der Waals surface area contributed by atoms with Crippen LogP contribution in [-0.2, 0) is 6.54 Å². The van der Waals surface area contributed by atoms with Crippen LogP contribution in [0.25, 0.3) is 0 Å². The molecule has 1 heterocycles. The molecule has 1 atom stereocenters. The second-order valence-corrected chi connectivity index (χ2v) is 4.64. The third kappa shape index (κ3) is 2.57. The molecular formula is C14H18ClN3. The van der Waals surface area contributed by atoms with E-state index in [1.165, 1.54) is 5.56 Å². The number of rotatable bonds is 5. The third-order valence-electron chi connectivity index (χ3n) is 2.96. The predicted molar refractivity (Wildman–Crippen MR) is 74.9 cm³/mol. The first-order valence-corrected chi connectivity index (χ1v) is 6.59. The Morgan fingerprint density at radius 3 is 2.67 bits per heavy atom. The van der Waals surface area contributed by atoms with Crippen molar-refractivity contribution in [1.29, 1.82) is 0 Å². The van der Waals surface area contributed by atoms with Crippen molar-refractivity contribution < 1.29 is 0 Å². The molecule has 1 aromatic heterocycles. The summed E-state index contributed by atoms with van der Waals surface area (Å²) in [4.78, 5) is 0. The van der Waals surface area contributed by atoms with Gasteiger partial charge >= 0.3 is 0 Å². The minimum Gasteiger partial charge on any atom is -0.308 e. The molecule has 96 valence electrons. The quantitative estimate of drug-likeness (QED) is 0.897. The minimum absolute atomic E-state index is 0.0766. The molecule has 0 amide bonds. The molecule has 0 fully saturated rings. The Balaban J connectivity index is 2.41. The van der Waals surface area contributed by atoms with Crippen molar-refractivity contribution in [3.05, 3.63) is 52.8 Å². The molecule has 2 rings (SSSR count). The normalized spacial score (nSPS) is 12.6. The Morgan fingerprint density at radius 1 is 1.33 bits per heavy atom. The Kier molecular flexibility index (Phi) is 4.39. The lowest BCUT2D eigenvalue weighted by Crippen LogP contribution is -2.22. The van der Waals surface area contributed by atoms with Crippen molar-refractivity contribution in [2.45, 2.75) is 25.9 Å². The van der Waals surface area contributed by atoms with E-state index in [1.807, 2.05) is 29.9 Å². The second kappa shape index (κ2) is 6.03. The molecule has 2 aromatic rings. The Morgan fingerprint density at radius 2 is 2.06 bits per heavy atom. The molecule has 0 saturated heterocycles. The van der Waals surface area contributed by atoms with Crippen molar-refractivity contribution in [3.8, 4) is 0 Å². The molecule has 3 nitrogen and oxygen atoms in total. The van der Waals surface area contributed by atoms with Crippen LogP contribution in [0.5, 0.6) is 0 Å². The monoisotopic (exact) mass is 263 g/mol. The van der Waals surface area contributed by atoms with Gasteiger partial charge in [-0.2, -0.15) is 5.10 Å². The second-order valence-electron chi connectivity index (χ2n) is 4.23. The van der Waals surface area contributed by atoms with Gasteiger partial charge in [-0.15, -0.1) is 0 Å². The average Bonchev–Trinajstić information content (AvgIpc) is 2.75. The molecule has 0 saturated carbocycles. The fourth-order valence-electron chi connectivity index (χ4n) is 2.16. The van der Waals surface area contributed by atoms with Crippen molar-refractivity contribution in [2.75, 3.05) is 7.05 Å².